The zero-order valence-corrected chi connectivity index (χ0v) is 8.92. The summed E-state index contributed by atoms with van der Waals surface area (Å²) in [5, 5.41) is 14.1. The number of hydrogen-bond acceptors (Lipinski definition) is 2. The predicted molar refractivity (Wildman–Crippen MR) is 57.1 cm³/mol. The molecule has 0 aromatic heterocycles. The fourth-order valence-corrected chi connectivity index (χ4v) is 1.00. The van der Waals surface area contributed by atoms with Crippen molar-refractivity contribution < 1.29 is 9.90 Å². The third-order valence-corrected chi connectivity index (χ3v) is 1.89. The monoisotopic (exact) mass is 200 g/mol. The Morgan fingerprint density at radius 1 is 1.50 bits per heavy atom. The molecule has 0 heterocycles. The zero-order valence-electron chi connectivity index (χ0n) is 8.92. The fraction of sp³-hybridized carbons (Fsp3) is 0.700. The molecule has 2 unspecified atom stereocenters. The number of nitrogens with one attached hydrogen (secondary N) is 2. The van der Waals surface area contributed by atoms with E-state index >= 15 is 0 Å². The van der Waals surface area contributed by atoms with Crippen LogP contribution in [0.25, 0.3) is 0 Å². The molecule has 0 spiro atoms. The molecule has 0 rings (SSSR count). The number of aliphatic hydroxyl groups excluding tert-OH is 1. The maximum atomic E-state index is 11.3. The zero-order chi connectivity index (χ0) is 11.0. The highest BCUT2D eigenvalue weighted by Crippen LogP contribution is 1.94. The van der Waals surface area contributed by atoms with E-state index in [1.54, 1.807) is 6.08 Å². The molecule has 0 aromatic carbocycles. The number of aliphatic hydroxyl groups is 1. The van der Waals surface area contributed by atoms with E-state index in [2.05, 4.69) is 17.2 Å². The third-order valence-electron chi connectivity index (χ3n) is 1.89. The molecule has 0 aliphatic carbocycles. The summed E-state index contributed by atoms with van der Waals surface area (Å²) in [6.07, 6.45) is 3.16. The van der Waals surface area contributed by atoms with Gasteiger partial charge in [-0.2, -0.15) is 0 Å². The minimum atomic E-state index is -0.192. The van der Waals surface area contributed by atoms with Crippen LogP contribution in [0.3, 0.4) is 0 Å². The standard InChI is InChI=1S/C10H20N2O2/c1-4-8(2)11-10(14)12-9(3)6-5-7-13/h4,8-9,13H,1,5-7H2,2-3H3,(H2,11,12,14). The molecule has 0 aliphatic rings. The quantitative estimate of drug-likeness (QED) is 0.561. The van der Waals surface area contributed by atoms with E-state index in [1.807, 2.05) is 13.8 Å². The van der Waals surface area contributed by atoms with E-state index in [0.717, 1.165) is 6.42 Å². The molecule has 14 heavy (non-hydrogen) atoms. The van der Waals surface area contributed by atoms with Gasteiger partial charge in [0.2, 0.25) is 0 Å². The maximum Gasteiger partial charge on any atom is 0.315 e. The first kappa shape index (κ1) is 13.0. The van der Waals surface area contributed by atoms with Crippen LogP contribution in [0, 0.1) is 0 Å². The van der Waals surface area contributed by atoms with Gasteiger partial charge in [0.05, 0.1) is 0 Å². The average molecular weight is 200 g/mol. The van der Waals surface area contributed by atoms with Gasteiger partial charge >= 0.3 is 6.03 Å². The Labute approximate surface area is 85.4 Å². The lowest BCUT2D eigenvalue weighted by molar-refractivity contribution is 0.233. The van der Waals surface area contributed by atoms with Gasteiger partial charge in [0.25, 0.3) is 0 Å². The van der Waals surface area contributed by atoms with Crippen molar-refractivity contribution in [3.05, 3.63) is 12.7 Å². The molecular weight excluding hydrogens is 180 g/mol. The van der Waals surface area contributed by atoms with E-state index in [9.17, 15) is 4.79 Å². The van der Waals surface area contributed by atoms with Gasteiger partial charge in [0, 0.05) is 18.7 Å². The molecule has 2 amide bonds. The average Bonchev–Trinajstić information content (AvgIpc) is 2.14. The first-order valence-electron chi connectivity index (χ1n) is 4.90. The molecule has 0 aliphatic heterocycles. The van der Waals surface area contributed by atoms with Crippen LogP contribution in [0.5, 0.6) is 0 Å². The molecule has 3 N–H and O–H groups in total. The van der Waals surface area contributed by atoms with Crippen LogP contribution in [0.2, 0.25) is 0 Å². The summed E-state index contributed by atoms with van der Waals surface area (Å²) in [4.78, 5) is 11.3. The highest BCUT2D eigenvalue weighted by molar-refractivity contribution is 5.74. The SMILES string of the molecule is C=CC(C)NC(=O)NC(C)CCCO. The molecule has 0 fully saturated rings. The summed E-state index contributed by atoms with van der Waals surface area (Å²) in [6.45, 7) is 7.49. The number of rotatable bonds is 6. The molecular formula is C10H20N2O2. The van der Waals surface area contributed by atoms with Gasteiger partial charge in [-0.15, -0.1) is 6.58 Å². The highest BCUT2D eigenvalue weighted by Gasteiger charge is 2.07. The topological polar surface area (TPSA) is 61.4 Å². The Hall–Kier alpha value is -1.03. The second-order valence-electron chi connectivity index (χ2n) is 3.41. The highest BCUT2D eigenvalue weighted by atomic mass is 16.3. The van der Waals surface area contributed by atoms with Crippen LogP contribution in [0.4, 0.5) is 4.79 Å². The fourth-order valence-electron chi connectivity index (χ4n) is 1.00. The normalized spacial score (nSPS) is 14.2. The first-order valence-corrected chi connectivity index (χ1v) is 4.90. The van der Waals surface area contributed by atoms with Crippen molar-refractivity contribution in [1.82, 2.24) is 10.6 Å². The van der Waals surface area contributed by atoms with Gasteiger partial charge in [-0.3, -0.25) is 0 Å². The first-order chi connectivity index (χ1) is 6.60. The summed E-state index contributed by atoms with van der Waals surface area (Å²) in [7, 11) is 0. The predicted octanol–water partition coefficient (Wildman–Crippen LogP) is 1.02. The number of carbonyl (C=O) groups is 1. The molecule has 4 nitrogen and oxygen atoms in total. The Balaban J connectivity index is 3.65. The Kier molecular flexibility index (Phi) is 6.84. The van der Waals surface area contributed by atoms with E-state index in [1.165, 1.54) is 0 Å². The largest absolute Gasteiger partial charge is 0.396 e. The Bertz CT molecular complexity index is 183. The number of carbonyl (C=O) groups excluding carboxylic acids is 1. The molecule has 4 heteroatoms. The van der Waals surface area contributed by atoms with Crippen LogP contribution in [0.1, 0.15) is 26.7 Å². The molecule has 0 radical (unpaired) electrons. The van der Waals surface area contributed by atoms with Gasteiger partial charge in [-0.25, -0.2) is 4.79 Å². The molecule has 0 bridgehead atoms. The lowest BCUT2D eigenvalue weighted by Gasteiger charge is -2.15. The van der Waals surface area contributed by atoms with E-state index in [0.29, 0.717) is 6.42 Å². The number of urea groups is 1. The third kappa shape index (κ3) is 6.48. The number of hydrogen-bond donors (Lipinski definition) is 3. The van der Waals surface area contributed by atoms with Gasteiger partial charge in [0.1, 0.15) is 0 Å². The Morgan fingerprint density at radius 3 is 2.64 bits per heavy atom. The van der Waals surface area contributed by atoms with Crippen LogP contribution in [-0.4, -0.2) is 29.8 Å². The molecule has 2 atom stereocenters. The summed E-state index contributed by atoms with van der Waals surface area (Å²) in [6, 6.07) is -0.137. The second-order valence-corrected chi connectivity index (χ2v) is 3.41. The lowest BCUT2D eigenvalue weighted by atomic mass is 10.2. The van der Waals surface area contributed by atoms with Crippen molar-refractivity contribution in [3.63, 3.8) is 0 Å². The summed E-state index contributed by atoms with van der Waals surface area (Å²) in [5.74, 6) is 0. The minimum Gasteiger partial charge on any atom is -0.396 e. The van der Waals surface area contributed by atoms with Crippen molar-refractivity contribution in [2.75, 3.05) is 6.61 Å². The van der Waals surface area contributed by atoms with Crippen molar-refractivity contribution >= 4 is 6.03 Å². The van der Waals surface area contributed by atoms with Crippen LogP contribution in [0.15, 0.2) is 12.7 Å². The molecule has 82 valence electrons. The molecule has 0 saturated carbocycles. The van der Waals surface area contributed by atoms with Gasteiger partial charge < -0.3 is 15.7 Å². The van der Waals surface area contributed by atoms with Crippen molar-refractivity contribution in [3.8, 4) is 0 Å². The smallest absolute Gasteiger partial charge is 0.315 e. The molecule has 0 aromatic rings. The van der Waals surface area contributed by atoms with Crippen molar-refractivity contribution in [2.24, 2.45) is 0 Å². The van der Waals surface area contributed by atoms with E-state index in [4.69, 9.17) is 5.11 Å². The van der Waals surface area contributed by atoms with Crippen LogP contribution in [-0.2, 0) is 0 Å². The van der Waals surface area contributed by atoms with Gasteiger partial charge in [-0.1, -0.05) is 6.08 Å². The van der Waals surface area contributed by atoms with E-state index in [-0.39, 0.29) is 24.7 Å². The van der Waals surface area contributed by atoms with Gasteiger partial charge in [-0.05, 0) is 26.7 Å². The van der Waals surface area contributed by atoms with Crippen LogP contribution < -0.4 is 10.6 Å². The maximum absolute atomic E-state index is 11.3. The summed E-state index contributed by atoms with van der Waals surface area (Å²) < 4.78 is 0. The van der Waals surface area contributed by atoms with E-state index < -0.39 is 0 Å². The lowest BCUT2D eigenvalue weighted by Crippen LogP contribution is -2.43. The van der Waals surface area contributed by atoms with Crippen molar-refractivity contribution in [2.45, 2.75) is 38.8 Å². The second kappa shape index (κ2) is 7.38. The van der Waals surface area contributed by atoms with Crippen molar-refractivity contribution in [1.29, 1.82) is 0 Å². The summed E-state index contributed by atoms with van der Waals surface area (Å²) in [5.41, 5.74) is 0. The minimum absolute atomic E-state index is 0.0277. The molecule has 0 saturated heterocycles. The Morgan fingerprint density at radius 2 is 2.14 bits per heavy atom. The number of amides is 2. The van der Waals surface area contributed by atoms with Crippen LogP contribution >= 0.6 is 0 Å². The van der Waals surface area contributed by atoms with Gasteiger partial charge in [0.15, 0.2) is 0 Å². The summed E-state index contributed by atoms with van der Waals surface area (Å²) >= 11 is 0.